The number of aromatic nitrogens is 2. The zero-order valence-corrected chi connectivity index (χ0v) is 21.8. The Balaban J connectivity index is 2.09. The van der Waals surface area contributed by atoms with Gasteiger partial charge in [0.25, 0.3) is 5.91 Å². The molecule has 1 amide bonds. The molecule has 1 aromatic carbocycles. The van der Waals surface area contributed by atoms with Gasteiger partial charge >= 0.3 is 0 Å². The van der Waals surface area contributed by atoms with E-state index in [1.54, 1.807) is 11.8 Å². The normalized spacial score (nSPS) is 12.3. The number of benzene rings is 1. The molecular formula is C24H37N3O2S2. The lowest BCUT2D eigenvalue weighted by molar-refractivity contribution is -0.118. The summed E-state index contributed by atoms with van der Waals surface area (Å²) in [5, 5.41) is 11.5. The van der Waals surface area contributed by atoms with E-state index in [-0.39, 0.29) is 23.3 Å². The summed E-state index contributed by atoms with van der Waals surface area (Å²) >= 11 is 3.06. The molecule has 31 heavy (non-hydrogen) atoms. The molecular weight excluding hydrogens is 426 g/mol. The summed E-state index contributed by atoms with van der Waals surface area (Å²) in [6, 6.07) is 6.39. The predicted molar refractivity (Wildman–Crippen MR) is 133 cm³/mol. The molecule has 0 bridgehead atoms. The third-order valence-corrected chi connectivity index (χ3v) is 8.21. The van der Waals surface area contributed by atoms with Crippen LogP contribution in [0.2, 0.25) is 0 Å². The fourth-order valence-corrected chi connectivity index (χ4v) is 4.60. The largest absolute Gasteiger partial charge is 0.483 e. The lowest BCUT2D eigenvalue weighted by atomic mass is 9.76. The molecule has 0 aliphatic rings. The van der Waals surface area contributed by atoms with Gasteiger partial charge in [0.2, 0.25) is 5.13 Å². The number of anilines is 1. The minimum absolute atomic E-state index is 0.0482. The second-order valence-corrected chi connectivity index (χ2v) is 11.8. The number of hydrogen-bond donors (Lipinski definition) is 1. The molecule has 0 aliphatic heterocycles. The topological polar surface area (TPSA) is 64.1 Å². The first-order valence-corrected chi connectivity index (χ1v) is 12.8. The number of thioether (sulfide) groups is 1. The minimum Gasteiger partial charge on any atom is -0.483 e. The van der Waals surface area contributed by atoms with Gasteiger partial charge in [0, 0.05) is 11.3 Å². The van der Waals surface area contributed by atoms with Crippen LogP contribution >= 0.6 is 23.1 Å². The summed E-state index contributed by atoms with van der Waals surface area (Å²) in [7, 11) is 0. The maximum atomic E-state index is 12.5. The van der Waals surface area contributed by atoms with Gasteiger partial charge in [-0.15, -0.1) is 10.2 Å². The van der Waals surface area contributed by atoms with Crippen molar-refractivity contribution in [1.29, 1.82) is 0 Å². The maximum Gasteiger partial charge on any atom is 0.264 e. The van der Waals surface area contributed by atoms with Crippen LogP contribution in [0.4, 0.5) is 5.13 Å². The van der Waals surface area contributed by atoms with E-state index in [1.165, 1.54) is 16.9 Å². The van der Waals surface area contributed by atoms with Crippen molar-refractivity contribution in [2.24, 2.45) is 5.92 Å². The van der Waals surface area contributed by atoms with Gasteiger partial charge in [0.05, 0.1) is 0 Å². The van der Waals surface area contributed by atoms with Crippen LogP contribution in [0.25, 0.3) is 0 Å². The monoisotopic (exact) mass is 463 g/mol. The average Bonchev–Trinajstić information content (AvgIpc) is 3.17. The Hall–Kier alpha value is -1.60. The van der Waals surface area contributed by atoms with Crippen molar-refractivity contribution in [3.8, 4) is 5.75 Å². The number of nitrogens with zero attached hydrogens (tertiary/aromatic N) is 2. The SMILES string of the molecule is CCC(C)(C)c1ccc(OCC(=O)Nc2nnc(SCC(C)C)s2)c(C(C)(C)CC)c1. The smallest absolute Gasteiger partial charge is 0.264 e. The van der Waals surface area contributed by atoms with Crippen molar-refractivity contribution in [3.05, 3.63) is 29.3 Å². The number of amides is 1. The standard InChI is InChI=1S/C24H37N3O2S2/c1-9-23(5,6)17-11-12-19(18(13-17)24(7,8)10-2)29-14-20(28)25-21-26-27-22(31-21)30-15-16(3)4/h11-13,16H,9-10,14-15H2,1-8H3,(H,25,26,28). The van der Waals surface area contributed by atoms with Gasteiger partial charge in [-0.3, -0.25) is 10.1 Å². The number of ether oxygens (including phenoxy) is 1. The summed E-state index contributed by atoms with van der Waals surface area (Å²) in [4.78, 5) is 12.5. The second kappa shape index (κ2) is 10.8. The highest BCUT2D eigenvalue weighted by Crippen LogP contribution is 2.38. The minimum atomic E-state index is -0.227. The molecule has 5 nitrogen and oxygen atoms in total. The molecule has 2 rings (SSSR count). The molecule has 0 saturated carbocycles. The summed E-state index contributed by atoms with van der Waals surface area (Å²) in [5.74, 6) is 2.10. The van der Waals surface area contributed by atoms with Crippen LogP contribution in [0.1, 0.15) is 79.4 Å². The highest BCUT2D eigenvalue weighted by molar-refractivity contribution is 8.01. The van der Waals surface area contributed by atoms with E-state index >= 15 is 0 Å². The maximum absolute atomic E-state index is 12.5. The van der Waals surface area contributed by atoms with Crippen molar-refractivity contribution < 1.29 is 9.53 Å². The Bertz CT molecular complexity index is 875. The first-order chi connectivity index (χ1) is 14.5. The Morgan fingerprint density at radius 2 is 1.81 bits per heavy atom. The second-order valence-electron chi connectivity index (χ2n) is 9.60. The summed E-state index contributed by atoms with van der Waals surface area (Å²) in [6.07, 6.45) is 2.04. The third kappa shape index (κ3) is 7.21. The van der Waals surface area contributed by atoms with Gasteiger partial charge in [-0.1, -0.05) is 90.6 Å². The van der Waals surface area contributed by atoms with Crippen LogP contribution in [0.15, 0.2) is 22.5 Å². The summed E-state index contributed by atoms with van der Waals surface area (Å²) in [6.45, 7) is 17.6. The molecule has 0 atom stereocenters. The van der Waals surface area contributed by atoms with Gasteiger partial charge in [-0.25, -0.2) is 0 Å². The van der Waals surface area contributed by atoms with Crippen LogP contribution in [0, 0.1) is 5.92 Å². The molecule has 7 heteroatoms. The lowest BCUT2D eigenvalue weighted by Gasteiger charge is -2.30. The van der Waals surface area contributed by atoms with Crippen LogP contribution in [0.3, 0.4) is 0 Å². The van der Waals surface area contributed by atoms with E-state index in [4.69, 9.17) is 4.74 Å². The Morgan fingerprint density at radius 1 is 1.13 bits per heavy atom. The van der Waals surface area contributed by atoms with Crippen LogP contribution in [0.5, 0.6) is 5.75 Å². The number of nitrogens with one attached hydrogen (secondary N) is 1. The first-order valence-electron chi connectivity index (χ1n) is 11.0. The van der Waals surface area contributed by atoms with E-state index in [0.717, 1.165) is 34.2 Å². The molecule has 1 N–H and O–H groups in total. The highest BCUT2D eigenvalue weighted by Gasteiger charge is 2.27. The average molecular weight is 464 g/mol. The molecule has 1 aromatic heterocycles. The van der Waals surface area contributed by atoms with E-state index < -0.39 is 0 Å². The fourth-order valence-electron chi connectivity index (χ4n) is 2.86. The zero-order chi connectivity index (χ0) is 23.2. The predicted octanol–water partition coefficient (Wildman–Crippen LogP) is 6.68. The number of carbonyl (C=O) groups is 1. The molecule has 2 aromatic rings. The Kier molecular flexibility index (Phi) is 8.95. The fraction of sp³-hybridized carbons (Fsp3) is 0.625. The molecule has 0 unspecified atom stereocenters. The highest BCUT2D eigenvalue weighted by atomic mass is 32.2. The molecule has 0 fully saturated rings. The molecule has 0 aliphatic carbocycles. The van der Waals surface area contributed by atoms with Gasteiger partial charge in [-0.05, 0) is 41.2 Å². The molecule has 0 spiro atoms. The van der Waals surface area contributed by atoms with Crippen molar-refractivity contribution >= 4 is 34.1 Å². The number of hydrogen-bond acceptors (Lipinski definition) is 6. The van der Waals surface area contributed by atoms with Crippen molar-refractivity contribution in [3.63, 3.8) is 0 Å². The van der Waals surface area contributed by atoms with E-state index in [0.29, 0.717) is 11.0 Å². The Labute approximate surface area is 195 Å². The number of rotatable bonds is 11. The van der Waals surface area contributed by atoms with Crippen molar-refractivity contribution in [2.75, 3.05) is 17.7 Å². The van der Waals surface area contributed by atoms with Crippen LogP contribution < -0.4 is 10.1 Å². The lowest BCUT2D eigenvalue weighted by Crippen LogP contribution is -2.24. The van der Waals surface area contributed by atoms with Gasteiger partial charge in [0.15, 0.2) is 10.9 Å². The zero-order valence-electron chi connectivity index (χ0n) is 20.2. The van der Waals surface area contributed by atoms with E-state index in [1.807, 2.05) is 6.07 Å². The van der Waals surface area contributed by atoms with E-state index in [2.05, 4.69) is 83.0 Å². The Morgan fingerprint density at radius 3 is 2.42 bits per heavy atom. The molecule has 172 valence electrons. The van der Waals surface area contributed by atoms with Crippen LogP contribution in [-0.4, -0.2) is 28.5 Å². The molecule has 0 saturated heterocycles. The van der Waals surface area contributed by atoms with E-state index in [9.17, 15) is 4.79 Å². The quantitative estimate of drug-likeness (QED) is 0.297. The molecule has 1 heterocycles. The van der Waals surface area contributed by atoms with Gasteiger partial charge < -0.3 is 4.74 Å². The van der Waals surface area contributed by atoms with Crippen molar-refractivity contribution in [2.45, 2.75) is 83.4 Å². The van der Waals surface area contributed by atoms with Gasteiger partial charge in [-0.2, -0.15) is 0 Å². The van der Waals surface area contributed by atoms with Crippen LogP contribution in [-0.2, 0) is 15.6 Å². The van der Waals surface area contributed by atoms with Gasteiger partial charge in [0.1, 0.15) is 5.75 Å². The first kappa shape index (κ1) is 25.7. The summed E-state index contributed by atoms with van der Waals surface area (Å²) in [5.41, 5.74) is 2.49. The molecule has 0 radical (unpaired) electrons. The third-order valence-electron chi connectivity index (χ3n) is 5.81. The summed E-state index contributed by atoms with van der Waals surface area (Å²) < 4.78 is 6.85. The van der Waals surface area contributed by atoms with Crippen molar-refractivity contribution in [1.82, 2.24) is 10.2 Å². The number of carbonyl (C=O) groups excluding carboxylic acids is 1.